The maximum absolute atomic E-state index is 11.5. The van der Waals surface area contributed by atoms with Gasteiger partial charge in [0.05, 0.1) is 24.0 Å². The molecule has 0 spiro atoms. The Morgan fingerprint density at radius 3 is 2.47 bits per heavy atom. The number of ether oxygens (including phenoxy) is 1. The number of carboxylic acid groups (broad SMARTS) is 1. The van der Waals surface area contributed by atoms with Crippen LogP contribution in [0.3, 0.4) is 0 Å². The Balaban J connectivity index is 4.00. The highest BCUT2D eigenvalue weighted by atomic mass is 32.2. The third-order valence-electron chi connectivity index (χ3n) is 1.94. The molecule has 1 unspecified atom stereocenters. The Kier molecular flexibility index (Phi) is 6.51. The molecule has 0 aliphatic heterocycles. The first-order valence-corrected chi connectivity index (χ1v) is 6.62. The summed E-state index contributed by atoms with van der Waals surface area (Å²) in [6.07, 6.45) is 0.487. The average molecular weight is 238 g/mol. The molecule has 0 saturated heterocycles. The van der Waals surface area contributed by atoms with Gasteiger partial charge >= 0.3 is 5.97 Å². The highest BCUT2D eigenvalue weighted by molar-refractivity contribution is 7.92. The van der Waals surface area contributed by atoms with Crippen molar-refractivity contribution in [1.29, 1.82) is 0 Å². The molecule has 0 heterocycles. The zero-order chi connectivity index (χ0) is 11.9. The SMILES string of the molecule is CCCOCCS(=O)(=O)C(C)CC(=O)O. The van der Waals surface area contributed by atoms with Crippen molar-refractivity contribution >= 4 is 15.8 Å². The van der Waals surface area contributed by atoms with Crippen LogP contribution in [0.1, 0.15) is 26.7 Å². The van der Waals surface area contributed by atoms with Crippen LogP contribution in [-0.4, -0.2) is 43.7 Å². The molecule has 15 heavy (non-hydrogen) atoms. The monoisotopic (exact) mass is 238 g/mol. The largest absolute Gasteiger partial charge is 0.481 e. The van der Waals surface area contributed by atoms with Crippen molar-refractivity contribution in [2.45, 2.75) is 31.9 Å². The van der Waals surface area contributed by atoms with E-state index in [9.17, 15) is 13.2 Å². The maximum atomic E-state index is 11.5. The van der Waals surface area contributed by atoms with Crippen molar-refractivity contribution in [3.05, 3.63) is 0 Å². The summed E-state index contributed by atoms with van der Waals surface area (Å²) in [4.78, 5) is 10.3. The number of sulfone groups is 1. The maximum Gasteiger partial charge on any atom is 0.304 e. The summed E-state index contributed by atoms with van der Waals surface area (Å²) in [5.41, 5.74) is 0. The molecule has 0 aromatic rings. The molecule has 0 saturated carbocycles. The molecular formula is C9H18O5S. The number of rotatable bonds is 8. The van der Waals surface area contributed by atoms with E-state index in [1.165, 1.54) is 6.92 Å². The minimum Gasteiger partial charge on any atom is -0.481 e. The molecule has 0 aliphatic carbocycles. The zero-order valence-electron chi connectivity index (χ0n) is 9.10. The lowest BCUT2D eigenvalue weighted by molar-refractivity contribution is -0.136. The molecule has 0 radical (unpaired) electrons. The number of carbonyl (C=O) groups is 1. The second kappa shape index (κ2) is 6.79. The van der Waals surface area contributed by atoms with Crippen LogP contribution in [0.25, 0.3) is 0 Å². The molecule has 0 aromatic heterocycles. The van der Waals surface area contributed by atoms with E-state index in [1.54, 1.807) is 0 Å². The van der Waals surface area contributed by atoms with Crippen molar-refractivity contribution in [2.24, 2.45) is 0 Å². The standard InChI is InChI=1S/C9H18O5S/c1-3-4-14-5-6-15(12,13)8(2)7-9(10)11/h8H,3-7H2,1-2H3,(H,10,11). The quantitative estimate of drug-likeness (QED) is 0.629. The van der Waals surface area contributed by atoms with Gasteiger partial charge in [-0.15, -0.1) is 0 Å². The molecule has 1 atom stereocenters. The number of hydrogen-bond acceptors (Lipinski definition) is 4. The van der Waals surface area contributed by atoms with Gasteiger partial charge < -0.3 is 9.84 Å². The lowest BCUT2D eigenvalue weighted by Crippen LogP contribution is -2.26. The van der Waals surface area contributed by atoms with E-state index in [4.69, 9.17) is 9.84 Å². The Hall–Kier alpha value is -0.620. The third kappa shape index (κ3) is 6.46. The van der Waals surface area contributed by atoms with Gasteiger partial charge in [-0.25, -0.2) is 8.42 Å². The van der Waals surface area contributed by atoms with Crippen LogP contribution in [-0.2, 0) is 19.4 Å². The second-order valence-electron chi connectivity index (χ2n) is 3.39. The fraction of sp³-hybridized carbons (Fsp3) is 0.889. The fourth-order valence-corrected chi connectivity index (χ4v) is 2.14. The smallest absolute Gasteiger partial charge is 0.304 e. The number of hydrogen-bond donors (Lipinski definition) is 1. The number of carboxylic acids is 1. The van der Waals surface area contributed by atoms with Gasteiger partial charge in [-0.1, -0.05) is 6.92 Å². The summed E-state index contributed by atoms with van der Waals surface area (Å²) in [5.74, 6) is -1.21. The van der Waals surface area contributed by atoms with Crippen molar-refractivity contribution in [3.8, 4) is 0 Å². The van der Waals surface area contributed by atoms with Crippen molar-refractivity contribution in [2.75, 3.05) is 19.0 Å². The van der Waals surface area contributed by atoms with Gasteiger partial charge in [0, 0.05) is 6.61 Å². The van der Waals surface area contributed by atoms with Crippen LogP contribution < -0.4 is 0 Å². The molecule has 0 amide bonds. The Labute approximate surface area is 90.4 Å². The molecule has 1 N–H and O–H groups in total. The lowest BCUT2D eigenvalue weighted by Gasteiger charge is -2.10. The molecular weight excluding hydrogens is 220 g/mol. The lowest BCUT2D eigenvalue weighted by atomic mass is 10.3. The van der Waals surface area contributed by atoms with Gasteiger partial charge in [0.1, 0.15) is 0 Å². The zero-order valence-corrected chi connectivity index (χ0v) is 9.92. The van der Waals surface area contributed by atoms with E-state index in [2.05, 4.69) is 0 Å². The summed E-state index contributed by atoms with van der Waals surface area (Å²) < 4.78 is 28.0. The van der Waals surface area contributed by atoms with Gasteiger partial charge in [-0.2, -0.15) is 0 Å². The summed E-state index contributed by atoms with van der Waals surface area (Å²) in [6, 6.07) is 0. The van der Waals surface area contributed by atoms with Crippen LogP contribution in [0.2, 0.25) is 0 Å². The van der Waals surface area contributed by atoms with E-state index in [1.807, 2.05) is 6.92 Å². The summed E-state index contributed by atoms with van der Waals surface area (Å²) >= 11 is 0. The summed E-state index contributed by atoms with van der Waals surface area (Å²) in [7, 11) is -3.34. The molecule has 90 valence electrons. The van der Waals surface area contributed by atoms with E-state index in [0.29, 0.717) is 6.61 Å². The van der Waals surface area contributed by atoms with Crippen molar-refractivity contribution in [1.82, 2.24) is 0 Å². The Bertz CT molecular complexity index is 283. The van der Waals surface area contributed by atoms with Crippen molar-refractivity contribution < 1.29 is 23.1 Å². The number of aliphatic carboxylic acids is 1. The third-order valence-corrected chi connectivity index (χ3v) is 4.06. The second-order valence-corrected chi connectivity index (χ2v) is 5.93. The minimum atomic E-state index is -3.34. The molecule has 5 nitrogen and oxygen atoms in total. The molecule has 0 rings (SSSR count). The highest BCUT2D eigenvalue weighted by Crippen LogP contribution is 2.06. The topological polar surface area (TPSA) is 80.7 Å². The van der Waals surface area contributed by atoms with Gasteiger partial charge in [-0.3, -0.25) is 4.79 Å². The van der Waals surface area contributed by atoms with E-state index < -0.39 is 21.1 Å². The van der Waals surface area contributed by atoms with E-state index >= 15 is 0 Å². The minimum absolute atomic E-state index is 0.110. The van der Waals surface area contributed by atoms with Gasteiger partial charge in [-0.05, 0) is 13.3 Å². The first kappa shape index (κ1) is 14.4. The average Bonchev–Trinajstić information content (AvgIpc) is 2.11. The van der Waals surface area contributed by atoms with Crippen LogP contribution in [0.4, 0.5) is 0 Å². The highest BCUT2D eigenvalue weighted by Gasteiger charge is 2.22. The molecule has 0 aromatic carbocycles. The van der Waals surface area contributed by atoms with Crippen LogP contribution in [0.15, 0.2) is 0 Å². The summed E-state index contributed by atoms with van der Waals surface area (Å²) in [6.45, 7) is 4.01. The predicted octanol–water partition coefficient (Wildman–Crippen LogP) is 0.691. The van der Waals surface area contributed by atoms with Crippen molar-refractivity contribution in [3.63, 3.8) is 0 Å². The van der Waals surface area contributed by atoms with Crippen LogP contribution in [0, 0.1) is 0 Å². The molecule has 0 bridgehead atoms. The normalized spacial score (nSPS) is 13.7. The Morgan fingerprint density at radius 2 is 2.00 bits per heavy atom. The first-order valence-electron chi connectivity index (χ1n) is 4.91. The Morgan fingerprint density at radius 1 is 1.40 bits per heavy atom. The van der Waals surface area contributed by atoms with Gasteiger partial charge in [0.25, 0.3) is 0 Å². The van der Waals surface area contributed by atoms with Crippen LogP contribution in [0.5, 0.6) is 0 Å². The van der Waals surface area contributed by atoms with E-state index in [0.717, 1.165) is 6.42 Å². The first-order chi connectivity index (χ1) is 6.90. The summed E-state index contributed by atoms with van der Waals surface area (Å²) in [5, 5.41) is 7.61. The fourth-order valence-electron chi connectivity index (χ4n) is 0.996. The van der Waals surface area contributed by atoms with E-state index in [-0.39, 0.29) is 18.8 Å². The molecule has 6 heteroatoms. The molecule has 0 fully saturated rings. The molecule has 0 aliphatic rings. The van der Waals surface area contributed by atoms with Gasteiger partial charge in [0.2, 0.25) is 0 Å². The van der Waals surface area contributed by atoms with Gasteiger partial charge in [0.15, 0.2) is 9.84 Å². The predicted molar refractivity (Wildman–Crippen MR) is 56.6 cm³/mol. The van der Waals surface area contributed by atoms with Crippen LogP contribution >= 0.6 is 0 Å².